The molecule has 0 radical (unpaired) electrons. The van der Waals surface area contributed by atoms with Gasteiger partial charge in [-0.2, -0.15) is 0 Å². The molecule has 1 saturated heterocycles. The Hall–Kier alpha value is -3.51. The maximum atomic E-state index is 13.1. The second-order valence-electron chi connectivity index (χ2n) is 7.50. The molecule has 1 amide bonds. The summed E-state index contributed by atoms with van der Waals surface area (Å²) in [6, 6.07) is 14.9. The fourth-order valence-corrected chi connectivity index (χ4v) is 4.02. The number of hydrogen-bond donors (Lipinski definition) is 1. The first-order valence-electron chi connectivity index (χ1n) is 10.2. The van der Waals surface area contributed by atoms with Gasteiger partial charge in [-0.25, -0.2) is 0 Å². The van der Waals surface area contributed by atoms with Crippen LogP contribution in [0, 0.1) is 6.92 Å². The van der Waals surface area contributed by atoms with E-state index in [9.17, 15) is 14.7 Å². The highest BCUT2D eigenvalue weighted by Crippen LogP contribution is 2.41. The predicted octanol–water partition coefficient (Wildman–Crippen LogP) is 5.26. The summed E-state index contributed by atoms with van der Waals surface area (Å²) in [5, 5.41) is 11.4. The van der Waals surface area contributed by atoms with Crippen LogP contribution in [0.3, 0.4) is 0 Å². The minimum atomic E-state index is -0.772. The normalized spacial score (nSPS) is 17.7. The number of aliphatic hydroxyl groups excluding tert-OH is 1. The summed E-state index contributed by atoms with van der Waals surface area (Å²) in [6.07, 6.45) is 1.51. The van der Waals surface area contributed by atoms with Crippen LogP contribution in [0.1, 0.15) is 35.4 Å². The largest absolute Gasteiger partial charge is 0.507 e. The summed E-state index contributed by atoms with van der Waals surface area (Å²) in [4.78, 5) is 27.5. The number of carbonyl (C=O) groups excluding carboxylic acids is 2. The summed E-state index contributed by atoms with van der Waals surface area (Å²) >= 11 is 6.28. The van der Waals surface area contributed by atoms with Gasteiger partial charge in [0.2, 0.25) is 0 Å². The molecule has 1 aliphatic heterocycles. The first-order chi connectivity index (χ1) is 15.4. The number of aliphatic hydroxyl groups is 1. The average molecular weight is 452 g/mol. The van der Waals surface area contributed by atoms with Crippen molar-refractivity contribution in [3.8, 4) is 5.75 Å². The number of furan rings is 1. The lowest BCUT2D eigenvalue weighted by molar-refractivity contribution is -0.140. The van der Waals surface area contributed by atoms with Gasteiger partial charge in [-0.05, 0) is 49.7 Å². The number of carbonyl (C=O) groups is 2. The van der Waals surface area contributed by atoms with Crippen LogP contribution in [0.15, 0.2) is 70.9 Å². The van der Waals surface area contributed by atoms with E-state index in [1.165, 1.54) is 17.2 Å². The third-order valence-electron chi connectivity index (χ3n) is 5.34. The summed E-state index contributed by atoms with van der Waals surface area (Å²) in [5.74, 6) is -0.747. The smallest absolute Gasteiger partial charge is 0.296 e. The molecule has 164 valence electrons. The lowest BCUT2D eigenvalue weighted by atomic mass is 9.94. The number of nitrogens with zero attached hydrogens (tertiary/aromatic N) is 1. The number of aryl methyl sites for hydroxylation is 1. The van der Waals surface area contributed by atoms with E-state index in [2.05, 4.69) is 0 Å². The Kier molecular flexibility index (Phi) is 6.06. The van der Waals surface area contributed by atoms with E-state index in [0.29, 0.717) is 34.3 Å². The van der Waals surface area contributed by atoms with Gasteiger partial charge in [0, 0.05) is 5.56 Å². The zero-order valence-electron chi connectivity index (χ0n) is 17.7. The van der Waals surface area contributed by atoms with Gasteiger partial charge in [0.15, 0.2) is 0 Å². The van der Waals surface area contributed by atoms with E-state index < -0.39 is 17.7 Å². The van der Waals surface area contributed by atoms with Crippen LogP contribution < -0.4 is 4.74 Å². The van der Waals surface area contributed by atoms with Crippen LogP contribution in [-0.2, 0) is 16.1 Å². The van der Waals surface area contributed by atoms with Crippen LogP contribution >= 0.6 is 11.6 Å². The van der Waals surface area contributed by atoms with Gasteiger partial charge >= 0.3 is 0 Å². The number of hydrogen-bond acceptors (Lipinski definition) is 5. The van der Waals surface area contributed by atoms with Crippen molar-refractivity contribution < 1.29 is 23.8 Å². The first-order valence-corrected chi connectivity index (χ1v) is 10.6. The Morgan fingerprint density at radius 1 is 1.16 bits per heavy atom. The Morgan fingerprint density at radius 3 is 2.53 bits per heavy atom. The molecule has 4 rings (SSSR count). The van der Waals surface area contributed by atoms with Crippen molar-refractivity contribution in [3.05, 3.63) is 93.9 Å². The maximum absolute atomic E-state index is 13.1. The first kappa shape index (κ1) is 21.7. The molecule has 7 heteroatoms. The maximum Gasteiger partial charge on any atom is 0.296 e. The van der Waals surface area contributed by atoms with E-state index >= 15 is 0 Å². The Bertz CT molecular complexity index is 1180. The summed E-state index contributed by atoms with van der Waals surface area (Å²) < 4.78 is 10.8. The molecule has 0 bridgehead atoms. The monoisotopic (exact) mass is 451 g/mol. The molecule has 0 aliphatic carbocycles. The van der Waals surface area contributed by atoms with Gasteiger partial charge in [-0.1, -0.05) is 41.4 Å². The minimum absolute atomic E-state index is 0.00522. The molecular formula is C25H22ClNO5. The second kappa shape index (κ2) is 8.93. The Morgan fingerprint density at radius 2 is 1.91 bits per heavy atom. The van der Waals surface area contributed by atoms with Crippen molar-refractivity contribution in [3.63, 3.8) is 0 Å². The van der Waals surface area contributed by atoms with Gasteiger partial charge in [0.25, 0.3) is 11.7 Å². The van der Waals surface area contributed by atoms with Crippen LogP contribution in [0.25, 0.3) is 5.76 Å². The number of likely N-dealkylation sites (tertiary alicyclic amines) is 1. The van der Waals surface area contributed by atoms with Crippen molar-refractivity contribution in [2.75, 3.05) is 6.61 Å². The van der Waals surface area contributed by atoms with Crippen LogP contribution in [0.4, 0.5) is 0 Å². The van der Waals surface area contributed by atoms with Gasteiger partial charge < -0.3 is 19.2 Å². The standard InChI is InChI=1S/C25H22ClNO5/c1-3-31-20-11-10-17(13-19(20)26)23(28)21-22(16-8-6-15(2)7-9-16)27(25(30)24(21)29)14-18-5-4-12-32-18/h4-13,22,28H,3,14H2,1-2H3/t22-/m1/s1. The predicted molar refractivity (Wildman–Crippen MR) is 120 cm³/mol. The van der Waals surface area contributed by atoms with Crippen LogP contribution in [0.5, 0.6) is 5.75 Å². The highest BCUT2D eigenvalue weighted by Gasteiger charge is 2.46. The molecule has 1 fully saturated rings. The Labute approximate surface area is 190 Å². The lowest BCUT2D eigenvalue weighted by Crippen LogP contribution is -2.29. The third kappa shape index (κ3) is 4.01. The molecule has 0 saturated carbocycles. The summed E-state index contributed by atoms with van der Waals surface area (Å²) in [5.41, 5.74) is 2.08. The van der Waals surface area contributed by atoms with Gasteiger partial charge in [-0.3, -0.25) is 9.59 Å². The number of Topliss-reactive ketones (excluding diaryl/α,β-unsaturated/α-hetero) is 1. The molecule has 1 aliphatic rings. The Balaban J connectivity index is 1.84. The van der Waals surface area contributed by atoms with Gasteiger partial charge in [0.05, 0.1) is 36.1 Å². The molecule has 1 N–H and O–H groups in total. The van der Waals surface area contributed by atoms with Gasteiger partial charge in [-0.15, -0.1) is 0 Å². The molecule has 1 aromatic heterocycles. The molecule has 0 unspecified atom stereocenters. The van der Waals surface area contributed by atoms with Crippen molar-refractivity contribution in [1.82, 2.24) is 4.90 Å². The van der Waals surface area contributed by atoms with Crippen molar-refractivity contribution >= 4 is 29.1 Å². The van der Waals surface area contributed by atoms with Crippen molar-refractivity contribution in [1.29, 1.82) is 0 Å². The van der Waals surface area contributed by atoms with Crippen molar-refractivity contribution in [2.45, 2.75) is 26.4 Å². The quantitative estimate of drug-likeness (QED) is 0.314. The lowest BCUT2D eigenvalue weighted by Gasteiger charge is -2.24. The molecule has 3 aromatic rings. The highest BCUT2D eigenvalue weighted by atomic mass is 35.5. The van der Waals surface area contributed by atoms with Gasteiger partial charge in [0.1, 0.15) is 17.3 Å². The number of ether oxygens (including phenoxy) is 1. The van der Waals surface area contributed by atoms with E-state index in [4.69, 9.17) is 20.8 Å². The van der Waals surface area contributed by atoms with Crippen molar-refractivity contribution in [2.24, 2.45) is 0 Å². The highest BCUT2D eigenvalue weighted by molar-refractivity contribution is 6.46. The fourth-order valence-electron chi connectivity index (χ4n) is 3.79. The van der Waals surface area contributed by atoms with Crippen LogP contribution in [0.2, 0.25) is 5.02 Å². The number of rotatable bonds is 6. The molecule has 2 heterocycles. The average Bonchev–Trinajstić information content (AvgIpc) is 3.38. The van der Waals surface area contributed by atoms with Crippen LogP contribution in [-0.4, -0.2) is 28.3 Å². The minimum Gasteiger partial charge on any atom is -0.507 e. The second-order valence-corrected chi connectivity index (χ2v) is 7.90. The molecule has 32 heavy (non-hydrogen) atoms. The van der Waals surface area contributed by atoms with E-state index in [0.717, 1.165) is 5.56 Å². The number of ketones is 1. The zero-order chi connectivity index (χ0) is 22.8. The SMILES string of the molecule is CCOc1ccc(C(O)=C2C(=O)C(=O)N(Cc3ccco3)[C@@H]2c2ccc(C)cc2)cc1Cl. The zero-order valence-corrected chi connectivity index (χ0v) is 18.4. The molecule has 6 nitrogen and oxygen atoms in total. The number of halogens is 1. The number of benzene rings is 2. The third-order valence-corrected chi connectivity index (χ3v) is 5.64. The number of amides is 1. The molecule has 0 spiro atoms. The molecule has 2 aromatic carbocycles. The molecule has 1 atom stereocenters. The van der Waals surface area contributed by atoms with E-state index in [-0.39, 0.29) is 17.9 Å². The molecular weight excluding hydrogens is 430 g/mol. The summed E-state index contributed by atoms with van der Waals surface area (Å²) in [6.45, 7) is 4.32. The fraction of sp³-hybridized carbons (Fsp3) is 0.200. The van der Waals surface area contributed by atoms with E-state index in [1.54, 1.807) is 24.3 Å². The van der Waals surface area contributed by atoms with E-state index in [1.807, 2.05) is 38.1 Å². The topological polar surface area (TPSA) is 80.0 Å². The summed E-state index contributed by atoms with van der Waals surface area (Å²) in [7, 11) is 0.